The lowest BCUT2D eigenvalue weighted by Crippen LogP contribution is -2.40. The lowest BCUT2D eigenvalue weighted by Gasteiger charge is -2.20. The van der Waals surface area contributed by atoms with E-state index in [9.17, 15) is 13.2 Å². The molecule has 1 rings (SSSR count). The van der Waals surface area contributed by atoms with E-state index in [0.29, 0.717) is 0 Å². The zero-order chi connectivity index (χ0) is 14.0. The molecule has 1 aromatic carbocycles. The molecule has 100 valence electrons. The van der Waals surface area contributed by atoms with Crippen LogP contribution in [0.5, 0.6) is 0 Å². The van der Waals surface area contributed by atoms with Crippen molar-refractivity contribution in [2.45, 2.75) is 31.2 Å². The van der Waals surface area contributed by atoms with Gasteiger partial charge >= 0.3 is 0 Å². The molecule has 2 N–H and O–H groups in total. The van der Waals surface area contributed by atoms with E-state index in [1.54, 1.807) is 20.8 Å². The Hall–Kier alpha value is -1.24. The van der Waals surface area contributed by atoms with Crippen molar-refractivity contribution in [3.8, 4) is 0 Å². The van der Waals surface area contributed by atoms with E-state index < -0.39 is 28.0 Å². The number of Topliss-reactive ketones (excluding diaryl/α,β-unsaturated/α-hetero) is 1. The number of nitrogens with one attached hydrogen (secondary N) is 1. The normalized spacial score (nSPS) is 12.4. The third-order valence-electron chi connectivity index (χ3n) is 2.07. The molecule has 0 atom stereocenters. The first-order valence-electron chi connectivity index (χ1n) is 5.44. The second-order valence-electron chi connectivity index (χ2n) is 4.96. The lowest BCUT2D eigenvalue weighted by atomic mass is 10.1. The minimum absolute atomic E-state index is 0.0897. The van der Waals surface area contributed by atoms with Crippen molar-refractivity contribution in [3.05, 3.63) is 29.8 Å². The molecule has 0 unspecified atom stereocenters. The van der Waals surface area contributed by atoms with Crippen LogP contribution in [0.2, 0.25) is 0 Å². The van der Waals surface area contributed by atoms with Gasteiger partial charge in [0.2, 0.25) is 10.0 Å². The molecule has 0 radical (unpaired) electrons. The van der Waals surface area contributed by atoms with Gasteiger partial charge < -0.3 is 5.11 Å². The zero-order valence-corrected chi connectivity index (χ0v) is 11.4. The highest BCUT2D eigenvalue weighted by atomic mass is 32.2. The van der Waals surface area contributed by atoms with Gasteiger partial charge in [-0.3, -0.25) is 4.79 Å². The van der Waals surface area contributed by atoms with E-state index >= 15 is 0 Å². The van der Waals surface area contributed by atoms with Gasteiger partial charge in [0, 0.05) is 11.1 Å². The Balaban J connectivity index is 3.02. The number of benzene rings is 1. The second kappa shape index (κ2) is 5.17. The van der Waals surface area contributed by atoms with E-state index in [4.69, 9.17) is 5.11 Å². The molecular formula is C12H17NO4S. The number of aliphatic hydroxyl groups is 1. The number of carbonyl (C=O) groups excluding carboxylic acids is 1. The Kier molecular flexibility index (Phi) is 4.26. The van der Waals surface area contributed by atoms with E-state index in [1.165, 1.54) is 24.3 Å². The Labute approximate surface area is 107 Å². The van der Waals surface area contributed by atoms with Crippen molar-refractivity contribution >= 4 is 15.8 Å². The molecule has 0 bridgehead atoms. The topological polar surface area (TPSA) is 83.5 Å². The van der Waals surface area contributed by atoms with Gasteiger partial charge in [0.05, 0.1) is 4.90 Å². The van der Waals surface area contributed by atoms with Gasteiger partial charge in [-0.05, 0) is 45.0 Å². The third-order valence-corrected chi connectivity index (χ3v) is 3.84. The fourth-order valence-corrected chi connectivity index (χ4v) is 2.79. The quantitative estimate of drug-likeness (QED) is 0.798. The molecule has 0 aliphatic carbocycles. The smallest absolute Gasteiger partial charge is 0.241 e. The average molecular weight is 271 g/mol. The predicted molar refractivity (Wildman–Crippen MR) is 67.9 cm³/mol. The molecular weight excluding hydrogens is 254 g/mol. The van der Waals surface area contributed by atoms with E-state index in [2.05, 4.69) is 4.72 Å². The molecule has 0 saturated heterocycles. The first-order valence-corrected chi connectivity index (χ1v) is 6.92. The van der Waals surface area contributed by atoms with E-state index in [1.807, 2.05) is 0 Å². The number of carbonyl (C=O) groups is 1. The van der Waals surface area contributed by atoms with Crippen LogP contribution in [0, 0.1) is 0 Å². The summed E-state index contributed by atoms with van der Waals surface area (Å²) >= 11 is 0. The minimum Gasteiger partial charge on any atom is -0.388 e. The first-order chi connectivity index (χ1) is 8.15. The molecule has 18 heavy (non-hydrogen) atoms. The third kappa shape index (κ3) is 3.90. The standard InChI is InChI=1S/C12H17NO4S/c1-12(2,3)13-18(16,17)10-6-4-9(5-7-10)11(15)8-14/h4-7,13-14H,8H2,1-3H3. The summed E-state index contributed by atoms with van der Waals surface area (Å²) in [4.78, 5) is 11.3. The van der Waals surface area contributed by atoms with Gasteiger partial charge in [-0.2, -0.15) is 0 Å². The molecule has 0 heterocycles. The van der Waals surface area contributed by atoms with Crippen LogP contribution in [0.3, 0.4) is 0 Å². The van der Waals surface area contributed by atoms with Crippen molar-refractivity contribution in [1.29, 1.82) is 0 Å². The van der Waals surface area contributed by atoms with Crippen molar-refractivity contribution in [3.63, 3.8) is 0 Å². The van der Waals surface area contributed by atoms with Crippen LogP contribution < -0.4 is 4.72 Å². The van der Waals surface area contributed by atoms with Gasteiger partial charge in [0.1, 0.15) is 6.61 Å². The Morgan fingerprint density at radius 3 is 2.11 bits per heavy atom. The van der Waals surface area contributed by atoms with Crippen LogP contribution in [0.1, 0.15) is 31.1 Å². The van der Waals surface area contributed by atoms with Gasteiger partial charge in [-0.25, -0.2) is 13.1 Å². The summed E-state index contributed by atoms with van der Waals surface area (Å²) in [5, 5.41) is 8.69. The number of hydrogen-bond acceptors (Lipinski definition) is 4. The van der Waals surface area contributed by atoms with Crippen molar-refractivity contribution < 1.29 is 18.3 Å². The fraction of sp³-hybridized carbons (Fsp3) is 0.417. The molecule has 0 aliphatic rings. The molecule has 5 nitrogen and oxygen atoms in total. The molecule has 6 heteroatoms. The molecule has 0 amide bonds. The van der Waals surface area contributed by atoms with Crippen molar-refractivity contribution in [2.24, 2.45) is 0 Å². The monoisotopic (exact) mass is 271 g/mol. The summed E-state index contributed by atoms with van der Waals surface area (Å²) in [5.41, 5.74) is -0.287. The number of aliphatic hydroxyl groups excluding tert-OH is 1. The number of hydrogen-bond donors (Lipinski definition) is 2. The summed E-state index contributed by atoms with van der Waals surface area (Å²) < 4.78 is 26.4. The van der Waals surface area contributed by atoms with Crippen molar-refractivity contribution in [2.75, 3.05) is 6.61 Å². The fourth-order valence-electron chi connectivity index (χ4n) is 1.37. The maximum atomic E-state index is 12.0. The highest BCUT2D eigenvalue weighted by molar-refractivity contribution is 7.89. The second-order valence-corrected chi connectivity index (χ2v) is 6.64. The molecule has 0 saturated carbocycles. The number of rotatable bonds is 4. The summed E-state index contributed by atoms with van der Waals surface area (Å²) in [6, 6.07) is 5.46. The van der Waals surface area contributed by atoms with Crippen LogP contribution in [-0.2, 0) is 10.0 Å². The van der Waals surface area contributed by atoms with Crippen LogP contribution in [0.25, 0.3) is 0 Å². The van der Waals surface area contributed by atoms with Crippen LogP contribution in [-0.4, -0.2) is 31.5 Å². The maximum absolute atomic E-state index is 12.0. The zero-order valence-electron chi connectivity index (χ0n) is 10.6. The maximum Gasteiger partial charge on any atom is 0.241 e. The Bertz CT molecular complexity index is 526. The van der Waals surface area contributed by atoms with Gasteiger partial charge in [-0.15, -0.1) is 0 Å². The first kappa shape index (κ1) is 14.8. The SMILES string of the molecule is CC(C)(C)NS(=O)(=O)c1ccc(C(=O)CO)cc1. The van der Waals surface area contributed by atoms with Crippen molar-refractivity contribution in [1.82, 2.24) is 4.72 Å². The summed E-state index contributed by atoms with van der Waals surface area (Å²) in [7, 11) is -3.59. The highest BCUT2D eigenvalue weighted by Gasteiger charge is 2.21. The largest absolute Gasteiger partial charge is 0.388 e. The summed E-state index contributed by atoms with van der Waals surface area (Å²) in [5.74, 6) is -0.442. The van der Waals surface area contributed by atoms with E-state index in [-0.39, 0.29) is 10.5 Å². The van der Waals surface area contributed by atoms with Gasteiger partial charge in [0.25, 0.3) is 0 Å². The van der Waals surface area contributed by atoms with Crippen LogP contribution >= 0.6 is 0 Å². The molecule has 0 spiro atoms. The number of ketones is 1. The molecule has 0 aromatic heterocycles. The van der Waals surface area contributed by atoms with Crippen LogP contribution in [0.15, 0.2) is 29.2 Å². The summed E-state index contributed by atoms with van der Waals surface area (Å²) in [6.45, 7) is 4.64. The predicted octanol–water partition coefficient (Wildman–Crippen LogP) is 0.938. The number of sulfonamides is 1. The van der Waals surface area contributed by atoms with Crippen LogP contribution in [0.4, 0.5) is 0 Å². The molecule has 0 aliphatic heterocycles. The Morgan fingerprint density at radius 2 is 1.72 bits per heavy atom. The molecule has 1 aromatic rings. The lowest BCUT2D eigenvalue weighted by molar-refractivity contribution is 0.0903. The van der Waals surface area contributed by atoms with Gasteiger partial charge in [-0.1, -0.05) is 0 Å². The molecule has 0 fully saturated rings. The van der Waals surface area contributed by atoms with E-state index in [0.717, 1.165) is 0 Å². The minimum atomic E-state index is -3.59. The highest BCUT2D eigenvalue weighted by Crippen LogP contribution is 2.14. The summed E-state index contributed by atoms with van der Waals surface area (Å²) in [6.07, 6.45) is 0. The van der Waals surface area contributed by atoms with Gasteiger partial charge in [0.15, 0.2) is 5.78 Å². The average Bonchev–Trinajstić information content (AvgIpc) is 2.25. The Morgan fingerprint density at radius 1 is 1.22 bits per heavy atom.